The minimum Gasteiger partial charge on any atom is -0.480 e. The molecule has 7 nitrogen and oxygen atoms in total. The van der Waals surface area contributed by atoms with Crippen LogP contribution in [0.4, 0.5) is 5.95 Å². The number of carbonyl (C=O) groups is 1. The van der Waals surface area contributed by atoms with Crippen LogP contribution in [-0.2, 0) is 11.2 Å². The van der Waals surface area contributed by atoms with Gasteiger partial charge in [-0.25, -0.2) is 14.8 Å². The fraction of sp³-hybridized carbons (Fsp3) is 0.222. The minimum absolute atomic E-state index is 0.316. The molecular formula is C9H11N5O2. The number of carboxylic acid groups (broad SMARTS) is 1. The zero-order valence-electron chi connectivity index (χ0n) is 8.34. The summed E-state index contributed by atoms with van der Waals surface area (Å²) in [6.07, 6.45) is 6.60. The molecule has 0 unspecified atom stereocenters. The van der Waals surface area contributed by atoms with Crippen molar-refractivity contribution < 1.29 is 9.90 Å². The predicted molar refractivity (Wildman–Crippen MR) is 55.9 cm³/mol. The van der Waals surface area contributed by atoms with Crippen molar-refractivity contribution in [2.24, 2.45) is 0 Å². The average molecular weight is 221 g/mol. The van der Waals surface area contributed by atoms with E-state index in [1.807, 2.05) is 0 Å². The molecule has 0 bridgehead atoms. The van der Waals surface area contributed by atoms with Gasteiger partial charge in [-0.3, -0.25) is 0 Å². The Labute approximate surface area is 90.9 Å². The summed E-state index contributed by atoms with van der Waals surface area (Å²) < 4.78 is 0. The van der Waals surface area contributed by atoms with Crippen molar-refractivity contribution in [1.29, 1.82) is 0 Å². The first-order valence-corrected chi connectivity index (χ1v) is 4.71. The molecule has 2 aromatic rings. The number of hydrogen-bond donors (Lipinski definition) is 4. The van der Waals surface area contributed by atoms with Crippen LogP contribution >= 0.6 is 0 Å². The predicted octanol–water partition coefficient (Wildman–Crippen LogP) is 0.241. The van der Waals surface area contributed by atoms with Crippen molar-refractivity contribution in [1.82, 2.24) is 19.9 Å². The summed E-state index contributed by atoms with van der Waals surface area (Å²) in [4.78, 5) is 24.4. The smallest absolute Gasteiger partial charge is 0.326 e. The first-order chi connectivity index (χ1) is 7.75. The highest BCUT2D eigenvalue weighted by Gasteiger charge is 2.19. The molecule has 0 amide bonds. The van der Waals surface area contributed by atoms with Gasteiger partial charge in [0.25, 0.3) is 0 Å². The molecule has 0 aliphatic rings. The van der Waals surface area contributed by atoms with Gasteiger partial charge in [0.2, 0.25) is 5.95 Å². The topological polar surface area (TPSA) is 107 Å². The van der Waals surface area contributed by atoms with E-state index in [1.165, 1.54) is 6.33 Å². The second kappa shape index (κ2) is 4.47. The van der Waals surface area contributed by atoms with Gasteiger partial charge in [-0.15, -0.1) is 0 Å². The SMILES string of the molecule is O=C(O)[C@H](Cc1cnc[nH]1)Nc1ncc[nH]1. The number of imidazole rings is 2. The highest BCUT2D eigenvalue weighted by atomic mass is 16.4. The zero-order chi connectivity index (χ0) is 11.4. The van der Waals surface area contributed by atoms with Crippen LogP contribution in [0.1, 0.15) is 5.69 Å². The molecule has 84 valence electrons. The summed E-state index contributed by atoms with van der Waals surface area (Å²) in [5, 5.41) is 11.8. The molecule has 0 saturated carbocycles. The van der Waals surface area contributed by atoms with Crippen molar-refractivity contribution in [3.05, 3.63) is 30.6 Å². The number of aromatic nitrogens is 4. The minimum atomic E-state index is -0.939. The lowest BCUT2D eigenvalue weighted by atomic mass is 10.2. The number of H-pyrrole nitrogens is 2. The van der Waals surface area contributed by atoms with Crippen molar-refractivity contribution in [2.45, 2.75) is 12.5 Å². The van der Waals surface area contributed by atoms with Gasteiger partial charge in [0.1, 0.15) is 6.04 Å². The fourth-order valence-electron chi connectivity index (χ4n) is 1.33. The lowest BCUT2D eigenvalue weighted by Crippen LogP contribution is -2.32. The summed E-state index contributed by atoms with van der Waals surface area (Å²) in [7, 11) is 0. The van der Waals surface area contributed by atoms with Gasteiger partial charge in [-0.05, 0) is 0 Å². The molecule has 16 heavy (non-hydrogen) atoms. The standard InChI is InChI=1S/C9H11N5O2/c15-8(16)7(3-6-4-10-5-13-6)14-9-11-1-2-12-9/h1-2,4-5,7H,3H2,(H,10,13)(H,15,16)(H2,11,12,14)/t7-/m0/s1. The van der Waals surface area contributed by atoms with Gasteiger partial charge in [0.15, 0.2) is 0 Å². The van der Waals surface area contributed by atoms with Crippen LogP contribution in [0.2, 0.25) is 0 Å². The molecule has 0 aliphatic heterocycles. The first kappa shape index (κ1) is 10.2. The van der Waals surface area contributed by atoms with E-state index in [-0.39, 0.29) is 0 Å². The number of anilines is 1. The molecule has 2 aromatic heterocycles. The lowest BCUT2D eigenvalue weighted by molar-refractivity contribution is -0.137. The van der Waals surface area contributed by atoms with Crippen molar-refractivity contribution in [3.8, 4) is 0 Å². The van der Waals surface area contributed by atoms with E-state index < -0.39 is 12.0 Å². The number of aromatic amines is 2. The van der Waals surface area contributed by atoms with E-state index in [2.05, 4.69) is 25.3 Å². The molecule has 2 heterocycles. The van der Waals surface area contributed by atoms with Crippen LogP contribution < -0.4 is 5.32 Å². The van der Waals surface area contributed by atoms with Gasteiger partial charge in [-0.2, -0.15) is 0 Å². The zero-order valence-corrected chi connectivity index (χ0v) is 8.34. The molecule has 0 saturated heterocycles. The molecular weight excluding hydrogens is 210 g/mol. The number of nitrogens with one attached hydrogen (secondary N) is 3. The molecule has 2 rings (SSSR count). The Morgan fingerprint density at radius 2 is 2.44 bits per heavy atom. The molecule has 0 aromatic carbocycles. The van der Waals surface area contributed by atoms with Gasteiger partial charge in [0.05, 0.1) is 6.33 Å². The Balaban J connectivity index is 2.03. The maximum atomic E-state index is 11.0. The summed E-state index contributed by atoms with van der Waals surface area (Å²) in [5.41, 5.74) is 0.756. The highest BCUT2D eigenvalue weighted by Crippen LogP contribution is 2.05. The number of nitrogens with zero attached hydrogens (tertiary/aromatic N) is 2. The van der Waals surface area contributed by atoms with Crippen LogP contribution in [0.25, 0.3) is 0 Å². The monoisotopic (exact) mass is 221 g/mol. The highest BCUT2D eigenvalue weighted by molar-refractivity contribution is 5.76. The van der Waals surface area contributed by atoms with E-state index in [0.717, 1.165) is 5.69 Å². The molecule has 1 atom stereocenters. The molecule has 0 aliphatic carbocycles. The van der Waals surface area contributed by atoms with E-state index in [9.17, 15) is 4.79 Å². The van der Waals surface area contributed by atoms with E-state index in [1.54, 1.807) is 18.6 Å². The second-order valence-corrected chi connectivity index (χ2v) is 3.25. The summed E-state index contributed by atoms with van der Waals surface area (Å²) >= 11 is 0. The van der Waals surface area contributed by atoms with Gasteiger partial charge < -0.3 is 20.4 Å². The quantitative estimate of drug-likeness (QED) is 0.578. The third-order valence-electron chi connectivity index (χ3n) is 2.09. The van der Waals surface area contributed by atoms with Crippen LogP contribution in [0.15, 0.2) is 24.9 Å². The Morgan fingerprint density at radius 1 is 1.56 bits per heavy atom. The molecule has 4 N–H and O–H groups in total. The Hall–Kier alpha value is -2.31. The normalized spacial score (nSPS) is 12.2. The van der Waals surface area contributed by atoms with E-state index in [0.29, 0.717) is 12.4 Å². The Bertz CT molecular complexity index is 400. The molecule has 0 spiro atoms. The van der Waals surface area contributed by atoms with E-state index in [4.69, 9.17) is 5.11 Å². The average Bonchev–Trinajstić information content (AvgIpc) is 2.88. The molecule has 7 heteroatoms. The lowest BCUT2D eigenvalue weighted by Gasteiger charge is -2.12. The van der Waals surface area contributed by atoms with Crippen LogP contribution in [0.5, 0.6) is 0 Å². The fourth-order valence-corrected chi connectivity index (χ4v) is 1.33. The number of hydrogen-bond acceptors (Lipinski definition) is 4. The van der Waals surface area contributed by atoms with Gasteiger partial charge in [0, 0.05) is 30.7 Å². The third kappa shape index (κ3) is 2.38. The number of aliphatic carboxylic acids is 1. The number of carboxylic acids is 1. The molecule has 0 radical (unpaired) electrons. The maximum absolute atomic E-state index is 11.0. The summed E-state index contributed by atoms with van der Waals surface area (Å²) in [6, 6.07) is -0.744. The summed E-state index contributed by atoms with van der Waals surface area (Å²) in [6.45, 7) is 0. The van der Waals surface area contributed by atoms with Crippen molar-refractivity contribution >= 4 is 11.9 Å². The van der Waals surface area contributed by atoms with Crippen LogP contribution in [0.3, 0.4) is 0 Å². The van der Waals surface area contributed by atoms with Gasteiger partial charge >= 0.3 is 5.97 Å². The van der Waals surface area contributed by atoms with Crippen LogP contribution in [-0.4, -0.2) is 37.1 Å². The van der Waals surface area contributed by atoms with Crippen molar-refractivity contribution in [2.75, 3.05) is 5.32 Å². The largest absolute Gasteiger partial charge is 0.480 e. The summed E-state index contributed by atoms with van der Waals surface area (Å²) in [5.74, 6) is -0.502. The van der Waals surface area contributed by atoms with Crippen molar-refractivity contribution in [3.63, 3.8) is 0 Å². The Morgan fingerprint density at radius 3 is 3.00 bits per heavy atom. The second-order valence-electron chi connectivity index (χ2n) is 3.25. The third-order valence-corrected chi connectivity index (χ3v) is 2.09. The first-order valence-electron chi connectivity index (χ1n) is 4.71. The Kier molecular flexibility index (Phi) is 2.86. The van der Waals surface area contributed by atoms with E-state index >= 15 is 0 Å². The van der Waals surface area contributed by atoms with Crippen LogP contribution in [0, 0.1) is 0 Å². The molecule has 0 fully saturated rings. The number of rotatable bonds is 5. The van der Waals surface area contributed by atoms with Gasteiger partial charge in [-0.1, -0.05) is 0 Å². The maximum Gasteiger partial charge on any atom is 0.326 e.